The van der Waals surface area contributed by atoms with Crippen molar-refractivity contribution in [3.63, 3.8) is 0 Å². The molecule has 0 amide bonds. The van der Waals surface area contributed by atoms with Crippen molar-refractivity contribution in [2.24, 2.45) is 0 Å². The van der Waals surface area contributed by atoms with Crippen LogP contribution in [0.3, 0.4) is 0 Å². The second-order valence-corrected chi connectivity index (χ2v) is 4.24. The van der Waals surface area contributed by atoms with Gasteiger partial charge in [-0.2, -0.15) is 0 Å². The first-order valence-corrected chi connectivity index (χ1v) is 5.61. The van der Waals surface area contributed by atoms with Gasteiger partial charge < -0.3 is 9.84 Å². The van der Waals surface area contributed by atoms with Crippen LogP contribution in [-0.4, -0.2) is 17.7 Å². The third-order valence-corrected chi connectivity index (χ3v) is 3.13. The summed E-state index contributed by atoms with van der Waals surface area (Å²) in [5.74, 6) is -0.337. The van der Waals surface area contributed by atoms with Gasteiger partial charge >= 0.3 is 0 Å². The first-order chi connectivity index (χ1) is 7.84. The highest BCUT2D eigenvalue weighted by Gasteiger charge is 2.19. The maximum absolute atomic E-state index is 13.4. The Morgan fingerprint density at radius 2 is 2.44 bits per heavy atom. The summed E-state index contributed by atoms with van der Waals surface area (Å²) in [7, 11) is 0. The van der Waals surface area contributed by atoms with Crippen molar-refractivity contribution in [3.8, 4) is 0 Å². The molecule has 1 aromatic carbocycles. The van der Waals surface area contributed by atoms with Crippen molar-refractivity contribution >= 4 is 11.0 Å². The molecule has 84 valence electrons. The zero-order chi connectivity index (χ0) is 11.0. The van der Waals surface area contributed by atoms with Crippen LogP contribution >= 0.6 is 0 Å². The minimum absolute atomic E-state index is 0.274. The number of nitrogens with zero attached hydrogens (tertiary/aromatic N) is 1. The third kappa shape index (κ3) is 1.59. The van der Waals surface area contributed by atoms with Crippen molar-refractivity contribution < 1.29 is 8.91 Å². The first-order valence-electron chi connectivity index (χ1n) is 5.61. The molecule has 1 atom stereocenters. The Kier molecular flexibility index (Phi) is 2.36. The van der Waals surface area contributed by atoms with E-state index in [1.54, 1.807) is 6.07 Å². The Labute approximate surface area is 92.6 Å². The fourth-order valence-electron chi connectivity index (χ4n) is 2.29. The quantitative estimate of drug-likeness (QED) is 0.843. The smallest absolute Gasteiger partial charge is 0.202 e. The zero-order valence-corrected chi connectivity index (χ0v) is 8.87. The molecule has 3 nitrogen and oxygen atoms in total. The molecule has 16 heavy (non-hydrogen) atoms. The molecule has 3 rings (SSSR count). The van der Waals surface area contributed by atoms with Crippen LogP contribution < -0.4 is 5.32 Å². The summed E-state index contributed by atoms with van der Waals surface area (Å²) in [5, 5.41) is 8.16. The molecule has 1 N–H and O–H groups in total. The molecule has 0 saturated carbocycles. The van der Waals surface area contributed by atoms with Gasteiger partial charge in [-0.1, -0.05) is 11.2 Å². The van der Waals surface area contributed by atoms with E-state index in [1.807, 2.05) is 6.07 Å². The van der Waals surface area contributed by atoms with Crippen molar-refractivity contribution in [3.05, 3.63) is 29.7 Å². The van der Waals surface area contributed by atoms with Crippen molar-refractivity contribution in [2.75, 3.05) is 6.54 Å². The molecule has 0 radical (unpaired) electrons. The number of fused-ring (bicyclic) bond motifs is 1. The number of halogens is 1. The van der Waals surface area contributed by atoms with Crippen molar-refractivity contribution in [1.29, 1.82) is 0 Å². The lowest BCUT2D eigenvalue weighted by Gasteiger charge is -2.06. The van der Waals surface area contributed by atoms with Crippen molar-refractivity contribution in [2.45, 2.75) is 25.3 Å². The number of hydrogen-bond acceptors (Lipinski definition) is 3. The number of hydrogen-bond donors (Lipinski definition) is 1. The van der Waals surface area contributed by atoms with E-state index in [0.29, 0.717) is 6.04 Å². The highest BCUT2D eigenvalue weighted by atomic mass is 19.1. The molecule has 1 aliphatic rings. The lowest BCUT2D eigenvalue weighted by atomic mass is 10.1. The molecule has 1 unspecified atom stereocenters. The molecule has 1 fully saturated rings. The van der Waals surface area contributed by atoms with Gasteiger partial charge in [0.05, 0.1) is 5.69 Å². The van der Waals surface area contributed by atoms with Gasteiger partial charge in [0.15, 0.2) is 5.82 Å². The van der Waals surface area contributed by atoms with E-state index in [2.05, 4.69) is 10.5 Å². The van der Waals surface area contributed by atoms with Gasteiger partial charge in [0.2, 0.25) is 5.58 Å². The minimum atomic E-state index is -0.337. The van der Waals surface area contributed by atoms with Gasteiger partial charge in [-0.05, 0) is 31.5 Å². The molecular weight excluding hydrogens is 207 g/mol. The van der Waals surface area contributed by atoms with Gasteiger partial charge in [-0.3, -0.25) is 0 Å². The summed E-state index contributed by atoms with van der Waals surface area (Å²) in [5.41, 5.74) is 1.13. The van der Waals surface area contributed by atoms with E-state index in [0.717, 1.165) is 30.5 Å². The monoisotopic (exact) mass is 220 g/mol. The molecular formula is C12H13FN2O. The first kappa shape index (κ1) is 9.78. The average molecular weight is 220 g/mol. The topological polar surface area (TPSA) is 38.1 Å². The fraction of sp³-hybridized carbons (Fsp3) is 0.417. The van der Waals surface area contributed by atoms with E-state index in [1.165, 1.54) is 12.5 Å². The second kappa shape index (κ2) is 3.87. The molecule has 1 aromatic heterocycles. The van der Waals surface area contributed by atoms with Crippen LogP contribution in [0.25, 0.3) is 11.0 Å². The Balaban J connectivity index is 1.94. The Bertz CT molecular complexity index is 503. The Morgan fingerprint density at radius 3 is 3.25 bits per heavy atom. The fourth-order valence-corrected chi connectivity index (χ4v) is 2.29. The van der Waals surface area contributed by atoms with Crippen LogP contribution in [0, 0.1) is 5.82 Å². The highest BCUT2D eigenvalue weighted by Crippen LogP contribution is 2.23. The van der Waals surface area contributed by atoms with Gasteiger partial charge in [0.1, 0.15) is 0 Å². The maximum atomic E-state index is 13.4. The lowest BCUT2D eigenvalue weighted by molar-refractivity contribution is 0.426. The van der Waals surface area contributed by atoms with Crippen LogP contribution in [0.15, 0.2) is 22.7 Å². The summed E-state index contributed by atoms with van der Waals surface area (Å²) in [6.45, 7) is 1.06. The summed E-state index contributed by atoms with van der Waals surface area (Å²) < 4.78 is 18.4. The van der Waals surface area contributed by atoms with Crippen molar-refractivity contribution in [1.82, 2.24) is 10.5 Å². The summed E-state index contributed by atoms with van der Waals surface area (Å²) >= 11 is 0. The summed E-state index contributed by atoms with van der Waals surface area (Å²) in [6, 6.07) is 5.40. The minimum Gasteiger partial charge on any atom is -0.353 e. The van der Waals surface area contributed by atoms with Crippen LogP contribution in [0.2, 0.25) is 0 Å². The van der Waals surface area contributed by atoms with Crippen LogP contribution in [0.5, 0.6) is 0 Å². The number of benzene rings is 1. The lowest BCUT2D eigenvalue weighted by Crippen LogP contribution is -2.23. The second-order valence-electron chi connectivity index (χ2n) is 4.24. The van der Waals surface area contributed by atoms with E-state index < -0.39 is 0 Å². The largest absolute Gasteiger partial charge is 0.353 e. The number of aromatic nitrogens is 1. The molecule has 0 bridgehead atoms. The standard InChI is InChI=1S/C12H13FN2O/c13-10-5-1-4-9-11(15-16-12(9)10)7-8-3-2-6-14-8/h1,4-5,8,14H,2-3,6-7H2. The third-order valence-electron chi connectivity index (χ3n) is 3.13. The predicted octanol–water partition coefficient (Wildman–Crippen LogP) is 2.26. The zero-order valence-electron chi connectivity index (χ0n) is 8.87. The predicted molar refractivity (Wildman–Crippen MR) is 58.7 cm³/mol. The van der Waals surface area contributed by atoms with Gasteiger partial charge in [0.25, 0.3) is 0 Å². The van der Waals surface area contributed by atoms with Gasteiger partial charge in [-0.15, -0.1) is 0 Å². The molecule has 2 heterocycles. The molecule has 2 aromatic rings. The Morgan fingerprint density at radius 1 is 1.50 bits per heavy atom. The number of rotatable bonds is 2. The molecule has 1 aliphatic heterocycles. The van der Waals surface area contributed by atoms with E-state index in [9.17, 15) is 4.39 Å². The van der Waals surface area contributed by atoms with E-state index in [4.69, 9.17) is 4.52 Å². The van der Waals surface area contributed by atoms with Gasteiger partial charge in [0, 0.05) is 17.8 Å². The van der Waals surface area contributed by atoms with Crippen LogP contribution in [0.1, 0.15) is 18.5 Å². The van der Waals surface area contributed by atoms with E-state index >= 15 is 0 Å². The van der Waals surface area contributed by atoms with Crippen LogP contribution in [0.4, 0.5) is 4.39 Å². The summed E-state index contributed by atoms with van der Waals surface area (Å²) in [4.78, 5) is 0. The average Bonchev–Trinajstić information content (AvgIpc) is 2.90. The number of para-hydroxylation sites is 1. The normalized spacial score (nSPS) is 20.7. The molecule has 0 aliphatic carbocycles. The molecule has 4 heteroatoms. The highest BCUT2D eigenvalue weighted by molar-refractivity contribution is 5.79. The van der Waals surface area contributed by atoms with Gasteiger partial charge in [-0.25, -0.2) is 4.39 Å². The summed E-state index contributed by atoms with van der Waals surface area (Å²) in [6.07, 6.45) is 3.18. The molecule has 0 spiro atoms. The Hall–Kier alpha value is -1.42. The van der Waals surface area contributed by atoms with Crippen LogP contribution in [-0.2, 0) is 6.42 Å². The van der Waals surface area contributed by atoms with E-state index in [-0.39, 0.29) is 11.4 Å². The molecule has 1 saturated heterocycles. The maximum Gasteiger partial charge on any atom is 0.202 e. The SMILES string of the molecule is Fc1cccc2c(CC3CCCN3)noc12. The number of nitrogens with one attached hydrogen (secondary N) is 1.